The van der Waals surface area contributed by atoms with Gasteiger partial charge in [-0.2, -0.15) is 13.2 Å². The van der Waals surface area contributed by atoms with E-state index in [0.29, 0.717) is 10.6 Å². The zero-order valence-electron chi connectivity index (χ0n) is 11.9. The molecular weight excluding hydrogens is 331 g/mol. The molecule has 1 amide bonds. The molecular formula is C16H13ClF3NO2. The number of nitrogens with one attached hydrogen (secondary N) is 1. The second-order valence-electron chi connectivity index (χ2n) is 4.71. The van der Waals surface area contributed by atoms with Crippen molar-refractivity contribution in [3.05, 3.63) is 64.7 Å². The van der Waals surface area contributed by atoms with Crippen LogP contribution in [0.5, 0.6) is 5.75 Å². The van der Waals surface area contributed by atoms with Crippen molar-refractivity contribution in [3.63, 3.8) is 0 Å². The van der Waals surface area contributed by atoms with E-state index in [-0.39, 0.29) is 18.2 Å². The lowest BCUT2D eigenvalue weighted by atomic mass is 10.2. The van der Waals surface area contributed by atoms with Crippen LogP contribution in [-0.2, 0) is 6.54 Å². The fourth-order valence-corrected chi connectivity index (χ4v) is 2.01. The van der Waals surface area contributed by atoms with Crippen molar-refractivity contribution in [3.8, 4) is 5.75 Å². The standard InChI is InChI=1S/C16H13ClF3NO2/c17-14-4-2-1-3-13(14)15(22)21-9-11-5-7-12(8-6-11)23-10-16(18,19)20/h1-8H,9-10H2,(H,21,22). The van der Waals surface area contributed by atoms with Gasteiger partial charge in [-0.15, -0.1) is 0 Å². The third-order valence-corrected chi connectivity index (χ3v) is 3.23. The summed E-state index contributed by atoms with van der Waals surface area (Å²) in [5.41, 5.74) is 1.09. The molecule has 0 fully saturated rings. The third kappa shape index (κ3) is 5.49. The molecule has 0 aliphatic carbocycles. The van der Waals surface area contributed by atoms with Gasteiger partial charge in [0.2, 0.25) is 0 Å². The van der Waals surface area contributed by atoms with Crippen molar-refractivity contribution in [2.45, 2.75) is 12.7 Å². The molecule has 0 radical (unpaired) electrons. The number of hydrogen-bond donors (Lipinski definition) is 1. The predicted octanol–water partition coefficient (Wildman–Crippen LogP) is 4.21. The van der Waals surface area contributed by atoms with Crippen LogP contribution in [0.3, 0.4) is 0 Å². The molecule has 122 valence electrons. The van der Waals surface area contributed by atoms with Gasteiger partial charge in [0.1, 0.15) is 5.75 Å². The molecule has 2 aromatic rings. The predicted molar refractivity (Wildman–Crippen MR) is 80.6 cm³/mol. The number of rotatable bonds is 5. The summed E-state index contributed by atoms with van der Waals surface area (Å²) in [4.78, 5) is 12.0. The van der Waals surface area contributed by atoms with Crippen LogP contribution in [0.4, 0.5) is 13.2 Å². The van der Waals surface area contributed by atoms with E-state index in [4.69, 9.17) is 11.6 Å². The molecule has 0 atom stereocenters. The number of amides is 1. The van der Waals surface area contributed by atoms with Crippen LogP contribution >= 0.6 is 11.6 Å². The van der Waals surface area contributed by atoms with Gasteiger partial charge < -0.3 is 10.1 Å². The third-order valence-electron chi connectivity index (χ3n) is 2.90. The van der Waals surface area contributed by atoms with Crippen molar-refractivity contribution >= 4 is 17.5 Å². The number of benzene rings is 2. The number of halogens is 4. The maximum Gasteiger partial charge on any atom is 0.422 e. The zero-order valence-corrected chi connectivity index (χ0v) is 12.6. The molecule has 0 aliphatic heterocycles. The van der Waals surface area contributed by atoms with Crippen LogP contribution in [0.25, 0.3) is 0 Å². The van der Waals surface area contributed by atoms with Crippen LogP contribution in [0.15, 0.2) is 48.5 Å². The second kappa shape index (κ2) is 7.37. The van der Waals surface area contributed by atoms with Gasteiger partial charge in [0.25, 0.3) is 5.91 Å². The SMILES string of the molecule is O=C(NCc1ccc(OCC(F)(F)F)cc1)c1ccccc1Cl. The highest BCUT2D eigenvalue weighted by atomic mass is 35.5. The average molecular weight is 344 g/mol. The number of ether oxygens (including phenoxy) is 1. The molecule has 0 bridgehead atoms. The first-order chi connectivity index (χ1) is 10.8. The molecule has 2 rings (SSSR count). The number of carbonyl (C=O) groups is 1. The van der Waals surface area contributed by atoms with Gasteiger partial charge in [-0.3, -0.25) is 4.79 Å². The Morgan fingerprint density at radius 2 is 1.74 bits per heavy atom. The van der Waals surface area contributed by atoms with E-state index in [0.717, 1.165) is 5.56 Å². The normalized spacial score (nSPS) is 11.1. The minimum Gasteiger partial charge on any atom is -0.484 e. The highest BCUT2D eigenvalue weighted by Crippen LogP contribution is 2.19. The maximum absolute atomic E-state index is 12.0. The minimum absolute atomic E-state index is 0.114. The van der Waals surface area contributed by atoms with Crippen LogP contribution in [-0.4, -0.2) is 18.7 Å². The Morgan fingerprint density at radius 3 is 2.35 bits per heavy atom. The molecule has 3 nitrogen and oxygen atoms in total. The quantitative estimate of drug-likeness (QED) is 0.883. The minimum atomic E-state index is -4.37. The lowest BCUT2D eigenvalue weighted by Gasteiger charge is -2.10. The van der Waals surface area contributed by atoms with Gasteiger partial charge >= 0.3 is 6.18 Å². The Hall–Kier alpha value is -2.21. The Bertz CT molecular complexity index is 672. The van der Waals surface area contributed by atoms with Crippen molar-refractivity contribution in [2.75, 3.05) is 6.61 Å². The Balaban J connectivity index is 1.89. The first-order valence-electron chi connectivity index (χ1n) is 6.66. The smallest absolute Gasteiger partial charge is 0.422 e. The molecule has 1 N–H and O–H groups in total. The van der Waals surface area contributed by atoms with Crippen molar-refractivity contribution in [1.29, 1.82) is 0 Å². The summed E-state index contributed by atoms with van der Waals surface area (Å²) in [7, 11) is 0. The van der Waals surface area contributed by atoms with E-state index in [1.165, 1.54) is 12.1 Å². The molecule has 0 heterocycles. The lowest BCUT2D eigenvalue weighted by molar-refractivity contribution is -0.153. The fourth-order valence-electron chi connectivity index (χ4n) is 1.79. The Labute approximate surface area is 136 Å². The first-order valence-corrected chi connectivity index (χ1v) is 7.04. The molecule has 23 heavy (non-hydrogen) atoms. The van der Waals surface area contributed by atoms with Crippen LogP contribution in [0, 0.1) is 0 Å². The highest BCUT2D eigenvalue weighted by Gasteiger charge is 2.28. The van der Waals surface area contributed by atoms with Gasteiger partial charge in [-0.25, -0.2) is 0 Å². The van der Waals surface area contributed by atoms with E-state index in [9.17, 15) is 18.0 Å². The summed E-state index contributed by atoms with van der Waals surface area (Å²) < 4.78 is 40.7. The highest BCUT2D eigenvalue weighted by molar-refractivity contribution is 6.33. The second-order valence-corrected chi connectivity index (χ2v) is 5.12. The topological polar surface area (TPSA) is 38.3 Å². The zero-order chi connectivity index (χ0) is 16.9. The van der Waals surface area contributed by atoms with Crippen molar-refractivity contribution in [2.24, 2.45) is 0 Å². The molecule has 0 aromatic heterocycles. The Morgan fingerprint density at radius 1 is 1.09 bits per heavy atom. The van der Waals surface area contributed by atoms with Gasteiger partial charge in [-0.1, -0.05) is 35.9 Å². The average Bonchev–Trinajstić information content (AvgIpc) is 2.51. The fraction of sp³-hybridized carbons (Fsp3) is 0.188. The number of hydrogen-bond acceptors (Lipinski definition) is 2. The van der Waals surface area contributed by atoms with Gasteiger partial charge in [0.05, 0.1) is 10.6 Å². The maximum atomic E-state index is 12.0. The van der Waals surface area contributed by atoms with E-state index in [1.807, 2.05) is 0 Å². The van der Waals surface area contributed by atoms with E-state index in [2.05, 4.69) is 10.1 Å². The van der Waals surface area contributed by atoms with Gasteiger partial charge in [-0.05, 0) is 29.8 Å². The van der Waals surface area contributed by atoms with Crippen LogP contribution in [0.2, 0.25) is 5.02 Å². The van der Waals surface area contributed by atoms with Crippen LogP contribution in [0.1, 0.15) is 15.9 Å². The largest absolute Gasteiger partial charge is 0.484 e. The van der Waals surface area contributed by atoms with Gasteiger partial charge in [0, 0.05) is 6.54 Å². The Kier molecular flexibility index (Phi) is 5.50. The van der Waals surface area contributed by atoms with Crippen LogP contribution < -0.4 is 10.1 Å². The molecule has 0 saturated heterocycles. The molecule has 0 unspecified atom stereocenters. The molecule has 0 aliphatic rings. The van der Waals surface area contributed by atoms with E-state index < -0.39 is 12.8 Å². The van der Waals surface area contributed by atoms with E-state index in [1.54, 1.807) is 36.4 Å². The summed E-state index contributed by atoms with van der Waals surface area (Å²) >= 11 is 5.92. The van der Waals surface area contributed by atoms with Crippen molar-refractivity contribution in [1.82, 2.24) is 5.32 Å². The summed E-state index contributed by atoms with van der Waals surface area (Å²) in [6, 6.07) is 12.6. The number of carbonyl (C=O) groups excluding carboxylic acids is 1. The molecule has 0 spiro atoms. The summed E-state index contributed by atoms with van der Waals surface area (Å²) in [5.74, 6) is -0.212. The lowest BCUT2D eigenvalue weighted by Crippen LogP contribution is -2.23. The molecule has 0 saturated carbocycles. The van der Waals surface area contributed by atoms with Gasteiger partial charge in [0.15, 0.2) is 6.61 Å². The molecule has 2 aromatic carbocycles. The van der Waals surface area contributed by atoms with E-state index >= 15 is 0 Å². The molecule has 7 heteroatoms. The monoisotopic (exact) mass is 343 g/mol. The summed E-state index contributed by atoms with van der Waals surface area (Å²) in [6.07, 6.45) is -4.37. The first kappa shape index (κ1) is 17.1. The number of alkyl halides is 3. The summed E-state index contributed by atoms with van der Waals surface area (Å²) in [5, 5.41) is 3.04. The summed E-state index contributed by atoms with van der Waals surface area (Å²) in [6.45, 7) is -1.11. The van der Waals surface area contributed by atoms with Crippen molar-refractivity contribution < 1.29 is 22.7 Å².